The lowest BCUT2D eigenvalue weighted by atomic mass is 10.1. The van der Waals surface area contributed by atoms with Crippen LogP contribution in [0.25, 0.3) is 11.3 Å². The van der Waals surface area contributed by atoms with Crippen molar-refractivity contribution in [2.75, 3.05) is 11.1 Å². The van der Waals surface area contributed by atoms with Crippen LogP contribution in [-0.2, 0) is 17.9 Å². The van der Waals surface area contributed by atoms with Crippen LogP contribution in [0, 0.1) is 13.8 Å². The molecule has 0 spiro atoms. The molecule has 0 radical (unpaired) electrons. The van der Waals surface area contributed by atoms with Crippen LogP contribution in [0.4, 0.5) is 16.6 Å². The van der Waals surface area contributed by atoms with Gasteiger partial charge in [0.25, 0.3) is 5.56 Å². The second-order valence-corrected chi connectivity index (χ2v) is 8.80. The molecular formula is C24H23N5O4S. The van der Waals surface area contributed by atoms with Crippen LogP contribution in [0.2, 0.25) is 0 Å². The summed E-state index contributed by atoms with van der Waals surface area (Å²) in [6.45, 7) is 3.29. The summed E-state index contributed by atoms with van der Waals surface area (Å²) >= 11 is 1.27. The van der Waals surface area contributed by atoms with Crippen molar-refractivity contribution >= 4 is 33.9 Å². The van der Waals surface area contributed by atoms with Crippen molar-refractivity contribution in [1.82, 2.24) is 14.1 Å². The minimum atomic E-state index is -1.31. The predicted molar refractivity (Wildman–Crippen MR) is 133 cm³/mol. The largest absolute Gasteiger partial charge is 0.480 e. The number of nitrogen functional groups attached to an aromatic ring is 1. The Morgan fingerprint density at radius 2 is 1.76 bits per heavy atom. The summed E-state index contributed by atoms with van der Waals surface area (Å²) in [4.78, 5) is 42.0. The molecule has 0 fully saturated rings. The number of carboxylic acids is 1. The number of carbonyl (C=O) groups is 1. The molecule has 0 aliphatic rings. The average molecular weight is 478 g/mol. The van der Waals surface area contributed by atoms with Crippen LogP contribution < -0.4 is 22.3 Å². The van der Waals surface area contributed by atoms with Gasteiger partial charge in [0, 0.05) is 11.1 Å². The minimum Gasteiger partial charge on any atom is -0.480 e. The molecule has 4 rings (SSSR count). The maximum Gasteiger partial charge on any atom is 0.333 e. The van der Waals surface area contributed by atoms with E-state index in [0.29, 0.717) is 9.70 Å². The number of nitrogens with zero attached hydrogens (tertiary/aromatic N) is 3. The van der Waals surface area contributed by atoms with Gasteiger partial charge in [-0.05, 0) is 42.7 Å². The van der Waals surface area contributed by atoms with E-state index in [-0.39, 0.29) is 23.6 Å². The smallest absolute Gasteiger partial charge is 0.333 e. The average Bonchev–Trinajstić information content (AvgIpc) is 3.22. The highest BCUT2D eigenvalue weighted by molar-refractivity contribution is 7.14. The molecule has 0 amide bonds. The van der Waals surface area contributed by atoms with Crippen molar-refractivity contribution < 1.29 is 9.90 Å². The van der Waals surface area contributed by atoms with Gasteiger partial charge in [-0.1, -0.05) is 36.4 Å². The van der Waals surface area contributed by atoms with E-state index in [9.17, 15) is 19.5 Å². The zero-order valence-electron chi connectivity index (χ0n) is 18.6. The number of anilines is 3. The lowest BCUT2D eigenvalue weighted by Crippen LogP contribution is -2.43. The van der Waals surface area contributed by atoms with E-state index in [1.807, 2.05) is 56.3 Å². The molecule has 2 aromatic carbocycles. The molecule has 4 N–H and O–H groups in total. The third-order valence-corrected chi connectivity index (χ3v) is 5.94. The Kier molecular flexibility index (Phi) is 6.33. The summed E-state index contributed by atoms with van der Waals surface area (Å²) in [6, 6.07) is 15.1. The number of hydrogen-bond acceptors (Lipinski definition) is 7. The number of aliphatic carboxylic acids is 1. The molecule has 0 atom stereocenters. The first kappa shape index (κ1) is 23.0. The number of nitrogens with two attached hydrogens (primary N) is 1. The normalized spacial score (nSPS) is 10.9. The molecule has 4 aromatic rings. The van der Waals surface area contributed by atoms with Gasteiger partial charge < -0.3 is 16.2 Å². The molecule has 9 nitrogen and oxygen atoms in total. The molecule has 0 saturated carbocycles. The SMILES string of the molecule is Cc1cc(C)cc(Nc2nc(-c3c(N)n(Cc4ccccc4)c(=O)n(CC(=O)O)c3=O)cs2)c1. The lowest BCUT2D eigenvalue weighted by molar-refractivity contribution is -0.137. The number of hydrogen-bond donors (Lipinski definition) is 3. The molecule has 0 bridgehead atoms. The highest BCUT2D eigenvalue weighted by atomic mass is 32.1. The molecule has 0 unspecified atom stereocenters. The fourth-order valence-corrected chi connectivity index (χ4v) is 4.49. The molecule has 2 heterocycles. The van der Waals surface area contributed by atoms with Crippen molar-refractivity contribution in [3.8, 4) is 11.3 Å². The fourth-order valence-electron chi connectivity index (χ4n) is 3.77. The molecule has 0 saturated heterocycles. The highest BCUT2D eigenvalue weighted by Crippen LogP contribution is 2.29. The van der Waals surface area contributed by atoms with Gasteiger partial charge in [0.05, 0.1) is 12.2 Å². The van der Waals surface area contributed by atoms with E-state index in [4.69, 9.17) is 5.73 Å². The maximum absolute atomic E-state index is 13.2. The van der Waals surface area contributed by atoms with E-state index in [1.165, 1.54) is 15.9 Å². The second-order valence-electron chi connectivity index (χ2n) is 7.94. The Hall–Kier alpha value is -4.18. The molecular weight excluding hydrogens is 454 g/mol. The monoisotopic (exact) mass is 477 g/mol. The number of thiazole rings is 1. The molecule has 34 heavy (non-hydrogen) atoms. The highest BCUT2D eigenvalue weighted by Gasteiger charge is 2.22. The van der Waals surface area contributed by atoms with E-state index >= 15 is 0 Å². The third-order valence-electron chi connectivity index (χ3n) is 5.18. The van der Waals surface area contributed by atoms with Gasteiger partial charge in [0.2, 0.25) is 0 Å². The number of benzene rings is 2. The van der Waals surface area contributed by atoms with Gasteiger partial charge in [-0.25, -0.2) is 14.3 Å². The molecule has 2 aromatic heterocycles. The van der Waals surface area contributed by atoms with Gasteiger partial charge in [-0.15, -0.1) is 11.3 Å². The Morgan fingerprint density at radius 1 is 1.09 bits per heavy atom. The minimum absolute atomic E-state index is 0.0125. The number of rotatable bonds is 7. The molecule has 0 aliphatic carbocycles. The number of aryl methyl sites for hydroxylation is 2. The number of aromatic nitrogens is 3. The van der Waals surface area contributed by atoms with E-state index in [2.05, 4.69) is 16.4 Å². The van der Waals surface area contributed by atoms with Crippen molar-refractivity contribution in [1.29, 1.82) is 0 Å². The van der Waals surface area contributed by atoms with Crippen molar-refractivity contribution in [2.45, 2.75) is 26.9 Å². The summed E-state index contributed by atoms with van der Waals surface area (Å²) in [5.41, 5.74) is 8.79. The second kappa shape index (κ2) is 9.36. The first-order valence-corrected chi connectivity index (χ1v) is 11.3. The van der Waals surface area contributed by atoms with Crippen LogP contribution in [0.1, 0.15) is 16.7 Å². The third kappa shape index (κ3) is 4.76. The van der Waals surface area contributed by atoms with Crippen LogP contribution in [-0.4, -0.2) is 25.2 Å². The summed E-state index contributed by atoms with van der Waals surface area (Å²) in [5, 5.41) is 14.7. The van der Waals surface area contributed by atoms with Crippen LogP contribution >= 0.6 is 11.3 Å². The zero-order valence-corrected chi connectivity index (χ0v) is 19.4. The predicted octanol–water partition coefficient (Wildman–Crippen LogP) is 3.21. The van der Waals surface area contributed by atoms with E-state index < -0.39 is 23.8 Å². The van der Waals surface area contributed by atoms with Gasteiger partial charge in [-0.3, -0.25) is 14.2 Å². The molecule has 0 aliphatic heterocycles. The standard InChI is InChI=1S/C24H23N5O4S/c1-14-8-15(2)10-17(9-14)26-23-27-18(13-34-23)20-21(25)28(11-16-6-4-3-5-7-16)24(33)29(22(20)32)12-19(30)31/h3-10,13H,11-12,25H2,1-2H3,(H,26,27)(H,30,31). The summed E-state index contributed by atoms with van der Waals surface area (Å²) < 4.78 is 1.87. The van der Waals surface area contributed by atoms with Crippen molar-refractivity contribution in [3.05, 3.63) is 91.4 Å². The summed E-state index contributed by atoms with van der Waals surface area (Å²) in [5.74, 6) is -1.37. The van der Waals surface area contributed by atoms with E-state index in [0.717, 1.165) is 22.4 Å². The quantitative estimate of drug-likeness (QED) is 0.372. The Bertz CT molecular complexity index is 1470. The van der Waals surface area contributed by atoms with Crippen molar-refractivity contribution in [3.63, 3.8) is 0 Å². The summed E-state index contributed by atoms with van der Waals surface area (Å²) in [6.07, 6.45) is 0. The molecule has 174 valence electrons. The first-order chi connectivity index (χ1) is 16.2. The maximum atomic E-state index is 13.2. The Labute approximate surface area is 198 Å². The number of nitrogens with one attached hydrogen (secondary N) is 1. The van der Waals surface area contributed by atoms with Crippen LogP contribution in [0.5, 0.6) is 0 Å². The lowest BCUT2D eigenvalue weighted by Gasteiger charge is -2.15. The van der Waals surface area contributed by atoms with Crippen LogP contribution in [0.15, 0.2) is 63.5 Å². The zero-order chi connectivity index (χ0) is 24.4. The van der Waals surface area contributed by atoms with Crippen molar-refractivity contribution in [2.24, 2.45) is 0 Å². The van der Waals surface area contributed by atoms with Gasteiger partial charge >= 0.3 is 11.7 Å². The van der Waals surface area contributed by atoms with E-state index in [1.54, 1.807) is 5.38 Å². The first-order valence-electron chi connectivity index (χ1n) is 10.4. The van der Waals surface area contributed by atoms with Crippen LogP contribution in [0.3, 0.4) is 0 Å². The van der Waals surface area contributed by atoms with Gasteiger partial charge in [-0.2, -0.15) is 0 Å². The Balaban J connectivity index is 1.81. The van der Waals surface area contributed by atoms with Gasteiger partial charge in [0.15, 0.2) is 5.13 Å². The fraction of sp³-hybridized carbons (Fsp3) is 0.167. The molecule has 10 heteroatoms. The van der Waals surface area contributed by atoms with Gasteiger partial charge in [0.1, 0.15) is 17.9 Å². The summed E-state index contributed by atoms with van der Waals surface area (Å²) in [7, 11) is 0. The number of carboxylic acid groups (broad SMARTS) is 1. The topological polar surface area (TPSA) is 132 Å². The Morgan fingerprint density at radius 3 is 2.41 bits per heavy atom.